The first kappa shape index (κ1) is 18.2. The smallest absolute Gasteiger partial charge is 0.280 e. The Morgan fingerprint density at radius 1 is 1.12 bits per heavy atom. The van der Waals surface area contributed by atoms with Crippen LogP contribution in [-0.2, 0) is 4.79 Å². The van der Waals surface area contributed by atoms with Crippen LogP contribution >= 0.6 is 23.2 Å². The predicted octanol–water partition coefficient (Wildman–Crippen LogP) is 5.06. The first-order valence-corrected chi connectivity index (χ1v) is 8.72. The minimum atomic E-state index is -0.710. The Morgan fingerprint density at radius 3 is 2.69 bits per heavy atom. The van der Waals surface area contributed by atoms with Crippen molar-refractivity contribution >= 4 is 46.1 Å². The number of carbonyl (C=O) groups excluding carboxylic acids is 1. The van der Waals surface area contributed by atoms with E-state index in [0.717, 1.165) is 10.8 Å². The third-order valence-electron chi connectivity index (χ3n) is 3.76. The van der Waals surface area contributed by atoms with E-state index in [1.54, 1.807) is 25.1 Å². The Morgan fingerprint density at radius 2 is 1.88 bits per heavy atom. The largest absolute Gasteiger partial charge is 0.480 e. The van der Waals surface area contributed by atoms with E-state index in [1.807, 2.05) is 42.5 Å². The third-order valence-corrected chi connectivity index (χ3v) is 4.33. The Balaban J connectivity index is 1.65. The number of hydrazone groups is 1. The lowest BCUT2D eigenvalue weighted by molar-refractivity contribution is -0.127. The van der Waals surface area contributed by atoms with Gasteiger partial charge < -0.3 is 4.74 Å². The zero-order chi connectivity index (χ0) is 18.5. The molecule has 1 atom stereocenters. The highest BCUT2D eigenvalue weighted by atomic mass is 35.5. The molecule has 4 nitrogen and oxygen atoms in total. The fraction of sp³-hybridized carbons (Fsp3) is 0.100. The van der Waals surface area contributed by atoms with Gasteiger partial charge in [-0.15, -0.1) is 0 Å². The second kappa shape index (κ2) is 8.21. The lowest BCUT2D eigenvalue weighted by Crippen LogP contribution is -2.33. The molecule has 1 N–H and O–H groups in total. The lowest BCUT2D eigenvalue weighted by atomic mass is 10.1. The maximum Gasteiger partial charge on any atom is 0.280 e. The minimum Gasteiger partial charge on any atom is -0.480 e. The number of fused-ring (bicyclic) bond motifs is 1. The Bertz CT molecular complexity index is 968. The molecule has 0 saturated heterocycles. The number of nitrogens with one attached hydrogen (secondary N) is 1. The number of hydrogen-bond acceptors (Lipinski definition) is 3. The van der Waals surface area contributed by atoms with Crippen LogP contribution in [0.4, 0.5) is 0 Å². The summed E-state index contributed by atoms with van der Waals surface area (Å²) in [6, 6.07) is 18.6. The van der Waals surface area contributed by atoms with Crippen LogP contribution in [0.1, 0.15) is 12.5 Å². The van der Waals surface area contributed by atoms with Crippen molar-refractivity contribution in [1.29, 1.82) is 0 Å². The number of nitrogens with zero attached hydrogens (tertiary/aromatic N) is 1. The Labute approximate surface area is 161 Å². The maximum atomic E-state index is 12.2. The maximum absolute atomic E-state index is 12.2. The average Bonchev–Trinajstić information content (AvgIpc) is 2.63. The van der Waals surface area contributed by atoms with Crippen LogP contribution in [-0.4, -0.2) is 18.2 Å². The average molecular weight is 387 g/mol. The van der Waals surface area contributed by atoms with E-state index in [0.29, 0.717) is 21.4 Å². The number of amides is 1. The van der Waals surface area contributed by atoms with Gasteiger partial charge >= 0.3 is 0 Å². The number of benzene rings is 3. The normalized spacial score (nSPS) is 12.3. The van der Waals surface area contributed by atoms with Crippen LogP contribution in [0.5, 0.6) is 5.75 Å². The number of halogens is 2. The number of carbonyl (C=O) groups is 1. The van der Waals surface area contributed by atoms with Crippen LogP contribution in [0.3, 0.4) is 0 Å². The van der Waals surface area contributed by atoms with E-state index in [2.05, 4.69) is 10.5 Å². The Hall–Kier alpha value is -2.56. The fourth-order valence-electron chi connectivity index (χ4n) is 2.40. The second-order valence-corrected chi connectivity index (χ2v) is 6.48. The molecule has 1 unspecified atom stereocenters. The standard InChI is InChI=1S/C20H16Cl2N2O2/c1-13(26-19-8-4-6-14-5-2-3-7-17(14)19)20(25)24-23-12-15-9-10-16(21)11-18(15)22/h2-13H,1H3,(H,24,25). The van der Waals surface area contributed by atoms with Gasteiger partial charge in [-0.25, -0.2) is 5.43 Å². The molecular weight excluding hydrogens is 371 g/mol. The van der Waals surface area contributed by atoms with E-state index in [9.17, 15) is 4.79 Å². The zero-order valence-corrected chi connectivity index (χ0v) is 15.5. The van der Waals surface area contributed by atoms with E-state index in [1.165, 1.54) is 6.21 Å². The summed E-state index contributed by atoms with van der Waals surface area (Å²) in [6.45, 7) is 1.67. The van der Waals surface area contributed by atoms with Gasteiger partial charge in [0, 0.05) is 16.0 Å². The summed E-state index contributed by atoms with van der Waals surface area (Å²) in [4.78, 5) is 12.2. The molecule has 6 heteroatoms. The third kappa shape index (κ3) is 4.34. The molecule has 0 radical (unpaired) electrons. The molecule has 0 aliphatic carbocycles. The summed E-state index contributed by atoms with van der Waals surface area (Å²) in [6.07, 6.45) is 0.750. The van der Waals surface area contributed by atoms with E-state index in [-0.39, 0.29) is 5.91 Å². The minimum absolute atomic E-state index is 0.362. The first-order valence-electron chi connectivity index (χ1n) is 7.97. The van der Waals surface area contributed by atoms with Crippen LogP contribution in [0, 0.1) is 0 Å². The van der Waals surface area contributed by atoms with E-state index >= 15 is 0 Å². The summed E-state index contributed by atoms with van der Waals surface area (Å²) >= 11 is 11.9. The molecular formula is C20H16Cl2N2O2. The molecule has 0 aliphatic rings. The molecule has 0 aromatic heterocycles. The Kier molecular flexibility index (Phi) is 5.76. The van der Waals surface area contributed by atoms with Crippen molar-refractivity contribution < 1.29 is 9.53 Å². The summed E-state index contributed by atoms with van der Waals surface area (Å²) in [5.74, 6) is 0.287. The lowest BCUT2D eigenvalue weighted by Gasteiger charge is -2.14. The molecule has 0 heterocycles. The molecule has 0 bridgehead atoms. The van der Waals surface area contributed by atoms with Crippen molar-refractivity contribution in [3.8, 4) is 5.75 Å². The van der Waals surface area contributed by atoms with Crippen LogP contribution in [0.25, 0.3) is 10.8 Å². The second-order valence-electron chi connectivity index (χ2n) is 5.64. The number of ether oxygens (including phenoxy) is 1. The van der Waals surface area contributed by atoms with Gasteiger partial charge in [-0.3, -0.25) is 4.79 Å². The van der Waals surface area contributed by atoms with Gasteiger partial charge in [-0.1, -0.05) is 65.7 Å². The van der Waals surface area contributed by atoms with Gasteiger partial charge in [0.1, 0.15) is 5.75 Å². The molecule has 1 amide bonds. The van der Waals surface area contributed by atoms with Gasteiger partial charge in [0.15, 0.2) is 6.10 Å². The van der Waals surface area contributed by atoms with Crippen LogP contribution in [0.2, 0.25) is 10.0 Å². The van der Waals surface area contributed by atoms with Crippen molar-refractivity contribution in [3.05, 3.63) is 76.3 Å². The van der Waals surface area contributed by atoms with Gasteiger partial charge in [0.05, 0.1) is 11.2 Å². The van der Waals surface area contributed by atoms with Crippen molar-refractivity contribution in [3.63, 3.8) is 0 Å². The van der Waals surface area contributed by atoms with Gasteiger partial charge in [-0.05, 0) is 30.5 Å². The SMILES string of the molecule is CC(Oc1cccc2ccccc12)C(=O)NN=Cc1ccc(Cl)cc1Cl. The predicted molar refractivity (Wildman–Crippen MR) is 106 cm³/mol. The van der Waals surface area contributed by atoms with Crippen LogP contribution < -0.4 is 10.2 Å². The molecule has 3 aromatic rings. The van der Waals surface area contributed by atoms with E-state index < -0.39 is 6.10 Å². The van der Waals surface area contributed by atoms with Crippen molar-refractivity contribution in [2.45, 2.75) is 13.0 Å². The molecule has 132 valence electrons. The van der Waals surface area contributed by atoms with Crippen molar-refractivity contribution in [1.82, 2.24) is 5.43 Å². The molecule has 26 heavy (non-hydrogen) atoms. The molecule has 3 aromatic carbocycles. The molecule has 0 fully saturated rings. The molecule has 0 saturated carbocycles. The molecule has 0 spiro atoms. The zero-order valence-electron chi connectivity index (χ0n) is 13.9. The fourth-order valence-corrected chi connectivity index (χ4v) is 2.86. The van der Waals surface area contributed by atoms with Crippen LogP contribution in [0.15, 0.2) is 65.8 Å². The van der Waals surface area contributed by atoms with Gasteiger partial charge in [-0.2, -0.15) is 5.10 Å². The highest BCUT2D eigenvalue weighted by Gasteiger charge is 2.15. The quantitative estimate of drug-likeness (QED) is 0.491. The topological polar surface area (TPSA) is 50.7 Å². The highest BCUT2D eigenvalue weighted by Crippen LogP contribution is 2.26. The molecule has 3 rings (SSSR count). The summed E-state index contributed by atoms with van der Waals surface area (Å²) in [5.41, 5.74) is 3.11. The van der Waals surface area contributed by atoms with Gasteiger partial charge in [0.25, 0.3) is 5.91 Å². The van der Waals surface area contributed by atoms with Crippen molar-refractivity contribution in [2.24, 2.45) is 5.10 Å². The highest BCUT2D eigenvalue weighted by molar-refractivity contribution is 6.36. The number of hydrogen-bond donors (Lipinski definition) is 1. The molecule has 0 aliphatic heterocycles. The van der Waals surface area contributed by atoms with Gasteiger partial charge in [0.2, 0.25) is 0 Å². The number of rotatable bonds is 5. The monoisotopic (exact) mass is 386 g/mol. The van der Waals surface area contributed by atoms with Crippen molar-refractivity contribution in [2.75, 3.05) is 0 Å². The summed E-state index contributed by atoms with van der Waals surface area (Å²) in [7, 11) is 0. The first-order chi connectivity index (χ1) is 12.5. The summed E-state index contributed by atoms with van der Waals surface area (Å²) in [5, 5.41) is 6.91. The summed E-state index contributed by atoms with van der Waals surface area (Å²) < 4.78 is 5.80. The van der Waals surface area contributed by atoms with E-state index in [4.69, 9.17) is 27.9 Å².